The van der Waals surface area contributed by atoms with E-state index < -0.39 is 0 Å². The smallest absolute Gasteiger partial charge is 0.0614 e. The second-order valence-electron chi connectivity index (χ2n) is 6.21. The lowest BCUT2D eigenvalue weighted by Gasteiger charge is -2.48. The Bertz CT molecular complexity index is 433. The molecule has 1 aliphatic carbocycles. The zero-order chi connectivity index (χ0) is 14.0. The van der Waals surface area contributed by atoms with Crippen molar-refractivity contribution in [3.05, 3.63) is 21.3 Å². The van der Waals surface area contributed by atoms with Gasteiger partial charge in [-0.15, -0.1) is 11.3 Å². The number of hydrogen-bond acceptors (Lipinski definition) is 3. The van der Waals surface area contributed by atoms with Crippen LogP contribution in [0.5, 0.6) is 0 Å². The van der Waals surface area contributed by atoms with E-state index >= 15 is 0 Å². The molecule has 1 unspecified atom stereocenters. The van der Waals surface area contributed by atoms with E-state index in [4.69, 9.17) is 11.6 Å². The van der Waals surface area contributed by atoms with Gasteiger partial charge in [0, 0.05) is 10.4 Å². The summed E-state index contributed by atoms with van der Waals surface area (Å²) in [4.78, 5) is 4.11. The number of piperidine rings is 1. The van der Waals surface area contributed by atoms with E-state index in [-0.39, 0.29) is 0 Å². The molecule has 3 rings (SSSR count). The summed E-state index contributed by atoms with van der Waals surface area (Å²) in [7, 11) is 2.10. The zero-order valence-corrected chi connectivity index (χ0v) is 13.9. The van der Waals surface area contributed by atoms with Crippen LogP contribution in [-0.2, 0) is 0 Å². The maximum Gasteiger partial charge on any atom is 0.0614 e. The Morgan fingerprint density at radius 1 is 1.20 bits per heavy atom. The Morgan fingerprint density at radius 2 is 1.90 bits per heavy atom. The van der Waals surface area contributed by atoms with Crippen molar-refractivity contribution in [2.75, 3.05) is 20.1 Å². The number of likely N-dealkylation sites (tertiary alicyclic amines) is 1. The molecule has 112 valence electrons. The molecule has 1 aliphatic heterocycles. The van der Waals surface area contributed by atoms with Crippen molar-refractivity contribution in [1.29, 1.82) is 0 Å². The normalized spacial score (nSPS) is 24.9. The van der Waals surface area contributed by atoms with Gasteiger partial charge >= 0.3 is 0 Å². The molecule has 1 saturated heterocycles. The van der Waals surface area contributed by atoms with Crippen molar-refractivity contribution >= 4 is 22.9 Å². The van der Waals surface area contributed by atoms with E-state index in [9.17, 15) is 0 Å². The van der Waals surface area contributed by atoms with E-state index in [0.717, 1.165) is 5.02 Å². The molecule has 0 amide bonds. The van der Waals surface area contributed by atoms with Crippen LogP contribution in [0.3, 0.4) is 0 Å². The van der Waals surface area contributed by atoms with Gasteiger partial charge in [-0.25, -0.2) is 0 Å². The number of rotatable bonds is 4. The molecule has 1 saturated carbocycles. The van der Waals surface area contributed by atoms with Gasteiger partial charge in [0.25, 0.3) is 0 Å². The summed E-state index contributed by atoms with van der Waals surface area (Å²) in [5.74, 6) is 0. The van der Waals surface area contributed by atoms with E-state index in [1.807, 2.05) is 17.4 Å². The molecule has 0 aromatic carbocycles. The Morgan fingerprint density at radius 3 is 2.45 bits per heavy atom. The molecule has 2 heterocycles. The molecule has 2 fully saturated rings. The number of likely N-dealkylation sites (N-methyl/N-ethyl adjacent to an activating group) is 1. The molecule has 20 heavy (non-hydrogen) atoms. The summed E-state index contributed by atoms with van der Waals surface area (Å²) in [5.41, 5.74) is 0.295. The van der Waals surface area contributed by atoms with Gasteiger partial charge in [-0.3, -0.25) is 4.90 Å². The average Bonchev–Trinajstić information content (AvgIpc) is 3.12. The van der Waals surface area contributed by atoms with Gasteiger partial charge in [0.15, 0.2) is 0 Å². The number of thiophene rings is 1. The van der Waals surface area contributed by atoms with Crippen molar-refractivity contribution in [2.24, 2.45) is 0 Å². The standard InChI is InChI=1S/C16H25ClN2S/c1-18-15(14-13(17)7-12-20-14)16(8-3-4-9-16)19-10-5-2-6-11-19/h7,12,15,18H,2-6,8-11H2,1H3. The third kappa shape index (κ3) is 2.54. The van der Waals surface area contributed by atoms with E-state index in [0.29, 0.717) is 11.6 Å². The average molecular weight is 313 g/mol. The quantitative estimate of drug-likeness (QED) is 0.883. The minimum absolute atomic E-state index is 0.295. The van der Waals surface area contributed by atoms with Crippen LogP contribution in [0.1, 0.15) is 55.9 Å². The maximum absolute atomic E-state index is 6.44. The summed E-state index contributed by atoms with van der Waals surface area (Å²) >= 11 is 8.26. The third-order valence-corrected chi connectivity index (χ3v) is 6.61. The molecule has 1 aromatic heterocycles. The molecule has 1 atom stereocenters. The summed E-state index contributed by atoms with van der Waals surface area (Å²) in [5, 5.41) is 6.68. The Kier molecular flexibility index (Phi) is 4.71. The first-order valence-electron chi connectivity index (χ1n) is 7.93. The number of hydrogen-bond donors (Lipinski definition) is 1. The Labute approximate surface area is 131 Å². The fourth-order valence-electron chi connectivity index (χ4n) is 4.27. The van der Waals surface area contributed by atoms with Crippen molar-refractivity contribution in [3.63, 3.8) is 0 Å². The number of nitrogens with one attached hydrogen (secondary N) is 1. The maximum atomic E-state index is 6.44. The lowest BCUT2D eigenvalue weighted by atomic mass is 9.83. The molecule has 1 aromatic rings. The van der Waals surface area contributed by atoms with Crippen LogP contribution < -0.4 is 5.32 Å². The highest BCUT2D eigenvalue weighted by molar-refractivity contribution is 7.10. The molecule has 0 spiro atoms. The van der Waals surface area contributed by atoms with Crippen molar-refractivity contribution in [1.82, 2.24) is 10.2 Å². The van der Waals surface area contributed by atoms with E-state index in [1.54, 1.807) is 0 Å². The van der Waals surface area contributed by atoms with Crippen LogP contribution >= 0.6 is 22.9 Å². The summed E-state index contributed by atoms with van der Waals surface area (Å²) in [6.45, 7) is 2.53. The van der Waals surface area contributed by atoms with Crippen molar-refractivity contribution in [2.45, 2.75) is 56.5 Å². The highest BCUT2D eigenvalue weighted by Crippen LogP contribution is 2.48. The van der Waals surface area contributed by atoms with Crippen molar-refractivity contribution in [3.8, 4) is 0 Å². The minimum atomic E-state index is 0.295. The molecule has 0 bridgehead atoms. The second-order valence-corrected chi connectivity index (χ2v) is 7.57. The van der Waals surface area contributed by atoms with Gasteiger partial charge < -0.3 is 5.32 Å². The van der Waals surface area contributed by atoms with Gasteiger partial charge in [0.05, 0.1) is 11.1 Å². The van der Waals surface area contributed by atoms with Gasteiger partial charge in [-0.05, 0) is 57.3 Å². The summed E-state index contributed by atoms with van der Waals surface area (Å²) < 4.78 is 0. The lowest BCUT2D eigenvalue weighted by Crippen LogP contribution is -2.56. The molecule has 2 nitrogen and oxygen atoms in total. The van der Waals surface area contributed by atoms with Crippen LogP contribution in [0.15, 0.2) is 11.4 Å². The molecule has 0 radical (unpaired) electrons. The van der Waals surface area contributed by atoms with Gasteiger partial charge in [0.1, 0.15) is 0 Å². The van der Waals surface area contributed by atoms with Gasteiger partial charge in [-0.1, -0.05) is 30.9 Å². The summed E-state index contributed by atoms with van der Waals surface area (Å²) in [6, 6.07) is 2.43. The van der Waals surface area contributed by atoms with Gasteiger partial charge in [-0.2, -0.15) is 0 Å². The largest absolute Gasteiger partial charge is 0.311 e. The lowest BCUT2D eigenvalue weighted by molar-refractivity contribution is 0.0394. The monoisotopic (exact) mass is 312 g/mol. The SMILES string of the molecule is CNC(c1sccc1Cl)C1(N2CCCCC2)CCCC1. The Balaban J connectivity index is 1.93. The molecular weight excluding hydrogens is 288 g/mol. The topological polar surface area (TPSA) is 15.3 Å². The molecule has 4 heteroatoms. The highest BCUT2D eigenvalue weighted by atomic mass is 35.5. The Hall–Kier alpha value is -0.0900. The van der Waals surface area contributed by atoms with Crippen LogP contribution in [0.2, 0.25) is 5.02 Å². The summed E-state index contributed by atoms with van der Waals surface area (Å²) in [6.07, 6.45) is 9.46. The molecule has 2 aliphatic rings. The predicted octanol–water partition coefficient (Wildman–Crippen LogP) is 4.46. The number of halogens is 1. The molecule has 1 N–H and O–H groups in total. The van der Waals surface area contributed by atoms with Crippen LogP contribution in [0.25, 0.3) is 0 Å². The van der Waals surface area contributed by atoms with E-state index in [1.165, 1.54) is 62.9 Å². The predicted molar refractivity (Wildman–Crippen MR) is 87.8 cm³/mol. The second kappa shape index (κ2) is 6.35. The third-order valence-electron chi connectivity index (χ3n) is 5.19. The molecular formula is C16H25ClN2S. The van der Waals surface area contributed by atoms with Crippen LogP contribution in [0.4, 0.5) is 0 Å². The minimum Gasteiger partial charge on any atom is -0.311 e. The number of nitrogens with zero attached hydrogens (tertiary/aromatic N) is 1. The van der Waals surface area contributed by atoms with Crippen LogP contribution in [0, 0.1) is 0 Å². The first-order valence-corrected chi connectivity index (χ1v) is 9.19. The first kappa shape index (κ1) is 14.8. The zero-order valence-electron chi connectivity index (χ0n) is 12.3. The first-order chi connectivity index (χ1) is 9.78. The van der Waals surface area contributed by atoms with Crippen molar-refractivity contribution < 1.29 is 0 Å². The van der Waals surface area contributed by atoms with E-state index in [2.05, 4.69) is 22.6 Å². The van der Waals surface area contributed by atoms with Gasteiger partial charge in [0.2, 0.25) is 0 Å². The highest BCUT2D eigenvalue weighted by Gasteiger charge is 2.47. The van der Waals surface area contributed by atoms with Crippen LogP contribution in [-0.4, -0.2) is 30.6 Å². The fraction of sp³-hybridized carbons (Fsp3) is 0.750. The fourth-order valence-corrected chi connectivity index (χ4v) is 5.65.